The van der Waals surface area contributed by atoms with E-state index in [1.165, 1.54) is 32.1 Å². The van der Waals surface area contributed by atoms with Crippen molar-refractivity contribution in [2.75, 3.05) is 11.9 Å². The van der Waals surface area contributed by atoms with E-state index in [0.29, 0.717) is 0 Å². The van der Waals surface area contributed by atoms with Gasteiger partial charge in [0, 0.05) is 17.5 Å². The van der Waals surface area contributed by atoms with Crippen LogP contribution in [0, 0.1) is 6.92 Å². The third-order valence-electron chi connectivity index (χ3n) is 3.01. The summed E-state index contributed by atoms with van der Waals surface area (Å²) in [6.45, 7) is 4.98. The highest BCUT2D eigenvalue weighted by molar-refractivity contribution is 7.99. The van der Waals surface area contributed by atoms with Crippen LogP contribution in [-0.4, -0.2) is 21.8 Å². The van der Waals surface area contributed by atoms with E-state index in [-0.39, 0.29) is 0 Å². The molecule has 1 aromatic rings. The average Bonchev–Trinajstić information content (AvgIpc) is 2.30. The second kappa shape index (κ2) is 6.24. The van der Waals surface area contributed by atoms with Crippen LogP contribution in [0.4, 0.5) is 5.95 Å². The Bertz CT molecular complexity index is 362. The van der Waals surface area contributed by atoms with Crippen molar-refractivity contribution in [3.63, 3.8) is 0 Å². The topological polar surface area (TPSA) is 37.8 Å². The number of thioether (sulfide) groups is 1. The predicted molar refractivity (Wildman–Crippen MR) is 73.7 cm³/mol. The molecule has 1 heterocycles. The Morgan fingerprint density at radius 3 is 2.76 bits per heavy atom. The first-order chi connectivity index (χ1) is 8.28. The number of aromatic nitrogens is 2. The van der Waals surface area contributed by atoms with Crippen LogP contribution < -0.4 is 5.32 Å². The molecule has 0 saturated heterocycles. The minimum atomic E-state index is 0.757. The van der Waals surface area contributed by atoms with E-state index in [9.17, 15) is 0 Å². The lowest BCUT2D eigenvalue weighted by Crippen LogP contribution is -2.09. The lowest BCUT2D eigenvalue weighted by atomic mass is 10.0. The number of rotatable bonds is 4. The Kier molecular flexibility index (Phi) is 4.66. The molecule has 0 aliphatic heterocycles. The van der Waals surface area contributed by atoms with Gasteiger partial charge in [-0.3, -0.25) is 0 Å². The molecule has 4 heteroatoms. The molecule has 0 radical (unpaired) electrons. The van der Waals surface area contributed by atoms with Crippen molar-refractivity contribution in [1.82, 2.24) is 9.97 Å². The molecule has 1 aliphatic rings. The van der Waals surface area contributed by atoms with Crippen LogP contribution >= 0.6 is 11.8 Å². The van der Waals surface area contributed by atoms with E-state index in [4.69, 9.17) is 0 Å². The van der Waals surface area contributed by atoms with Crippen LogP contribution in [0.5, 0.6) is 0 Å². The summed E-state index contributed by atoms with van der Waals surface area (Å²) in [6.07, 6.45) is 6.83. The Labute approximate surface area is 108 Å². The Hall–Kier alpha value is -0.770. The number of hydrogen-bond donors (Lipinski definition) is 1. The van der Waals surface area contributed by atoms with E-state index >= 15 is 0 Å². The number of nitrogens with one attached hydrogen (secondary N) is 1. The van der Waals surface area contributed by atoms with Crippen LogP contribution in [-0.2, 0) is 0 Å². The van der Waals surface area contributed by atoms with Crippen molar-refractivity contribution in [1.29, 1.82) is 0 Å². The number of anilines is 1. The SMILES string of the molecule is CCNc1nc(C)cc(SC2CCCCC2)n1. The minimum absolute atomic E-state index is 0.757. The summed E-state index contributed by atoms with van der Waals surface area (Å²) in [7, 11) is 0. The van der Waals surface area contributed by atoms with E-state index in [0.717, 1.165) is 28.5 Å². The predicted octanol–water partition coefficient (Wildman–Crippen LogP) is 3.64. The molecular weight excluding hydrogens is 230 g/mol. The highest BCUT2D eigenvalue weighted by atomic mass is 32.2. The van der Waals surface area contributed by atoms with E-state index in [2.05, 4.69) is 28.3 Å². The van der Waals surface area contributed by atoms with Crippen molar-refractivity contribution in [2.45, 2.75) is 56.2 Å². The van der Waals surface area contributed by atoms with E-state index < -0.39 is 0 Å². The molecule has 2 rings (SSSR count). The van der Waals surface area contributed by atoms with Gasteiger partial charge in [0.25, 0.3) is 0 Å². The fraction of sp³-hybridized carbons (Fsp3) is 0.692. The summed E-state index contributed by atoms with van der Waals surface area (Å²) >= 11 is 1.93. The van der Waals surface area contributed by atoms with Gasteiger partial charge >= 0.3 is 0 Å². The third kappa shape index (κ3) is 3.87. The molecule has 0 unspecified atom stereocenters. The third-order valence-corrected chi connectivity index (χ3v) is 4.26. The molecule has 0 bridgehead atoms. The highest BCUT2D eigenvalue weighted by Gasteiger charge is 2.15. The largest absolute Gasteiger partial charge is 0.354 e. The van der Waals surface area contributed by atoms with Gasteiger partial charge in [-0.25, -0.2) is 9.97 Å². The maximum absolute atomic E-state index is 4.56. The first kappa shape index (κ1) is 12.7. The zero-order chi connectivity index (χ0) is 12.1. The second-order valence-electron chi connectivity index (χ2n) is 4.58. The van der Waals surface area contributed by atoms with Crippen molar-refractivity contribution < 1.29 is 0 Å². The quantitative estimate of drug-likeness (QED) is 0.829. The molecule has 1 aliphatic carbocycles. The molecule has 0 amide bonds. The van der Waals surface area contributed by atoms with Gasteiger partial charge in [-0.05, 0) is 32.8 Å². The van der Waals surface area contributed by atoms with Crippen LogP contribution in [0.25, 0.3) is 0 Å². The van der Waals surface area contributed by atoms with Crippen LogP contribution in [0.2, 0.25) is 0 Å². The summed E-state index contributed by atoms with van der Waals surface area (Å²) < 4.78 is 0. The summed E-state index contributed by atoms with van der Waals surface area (Å²) in [5, 5.41) is 5.07. The van der Waals surface area contributed by atoms with Gasteiger partial charge in [0.2, 0.25) is 5.95 Å². The van der Waals surface area contributed by atoms with Crippen LogP contribution in [0.15, 0.2) is 11.1 Å². The second-order valence-corrected chi connectivity index (χ2v) is 5.90. The zero-order valence-corrected chi connectivity index (χ0v) is 11.5. The molecular formula is C13H21N3S. The van der Waals surface area contributed by atoms with Crippen molar-refractivity contribution in [2.24, 2.45) is 0 Å². The van der Waals surface area contributed by atoms with Crippen LogP contribution in [0.3, 0.4) is 0 Å². The molecule has 17 heavy (non-hydrogen) atoms. The first-order valence-electron chi connectivity index (χ1n) is 6.54. The van der Waals surface area contributed by atoms with Gasteiger partial charge < -0.3 is 5.32 Å². The molecule has 1 saturated carbocycles. The number of aryl methyl sites for hydroxylation is 1. The van der Waals surface area contributed by atoms with E-state index in [1.54, 1.807) is 0 Å². The first-order valence-corrected chi connectivity index (χ1v) is 7.42. The molecule has 0 atom stereocenters. The Morgan fingerprint density at radius 2 is 2.06 bits per heavy atom. The smallest absolute Gasteiger partial charge is 0.223 e. The number of nitrogens with zero attached hydrogens (tertiary/aromatic N) is 2. The van der Waals surface area contributed by atoms with Gasteiger partial charge in [0.05, 0.1) is 0 Å². The molecule has 1 N–H and O–H groups in total. The van der Waals surface area contributed by atoms with Gasteiger partial charge in [-0.2, -0.15) is 0 Å². The highest BCUT2D eigenvalue weighted by Crippen LogP contribution is 2.33. The van der Waals surface area contributed by atoms with Gasteiger partial charge in [0.15, 0.2) is 0 Å². The van der Waals surface area contributed by atoms with Crippen molar-refractivity contribution in [3.8, 4) is 0 Å². The maximum Gasteiger partial charge on any atom is 0.223 e. The van der Waals surface area contributed by atoms with Crippen molar-refractivity contribution >= 4 is 17.7 Å². The minimum Gasteiger partial charge on any atom is -0.354 e. The molecule has 1 fully saturated rings. The maximum atomic E-state index is 4.56. The summed E-state index contributed by atoms with van der Waals surface area (Å²) in [5.41, 5.74) is 1.05. The summed E-state index contributed by atoms with van der Waals surface area (Å²) in [5.74, 6) is 0.769. The molecule has 94 valence electrons. The fourth-order valence-electron chi connectivity index (χ4n) is 2.19. The van der Waals surface area contributed by atoms with Crippen molar-refractivity contribution in [3.05, 3.63) is 11.8 Å². The van der Waals surface area contributed by atoms with Gasteiger partial charge in [-0.1, -0.05) is 19.3 Å². The van der Waals surface area contributed by atoms with Gasteiger partial charge in [-0.15, -0.1) is 11.8 Å². The monoisotopic (exact) mass is 251 g/mol. The standard InChI is InChI=1S/C13H21N3S/c1-3-14-13-15-10(2)9-12(16-13)17-11-7-5-4-6-8-11/h9,11H,3-8H2,1-2H3,(H,14,15,16). The summed E-state index contributed by atoms with van der Waals surface area (Å²) in [6, 6.07) is 2.10. The lowest BCUT2D eigenvalue weighted by molar-refractivity contribution is 0.515. The molecule has 0 aromatic carbocycles. The van der Waals surface area contributed by atoms with E-state index in [1.807, 2.05) is 18.7 Å². The molecule has 3 nitrogen and oxygen atoms in total. The molecule has 0 spiro atoms. The Balaban J connectivity index is 2.03. The summed E-state index contributed by atoms with van der Waals surface area (Å²) in [4.78, 5) is 8.94. The lowest BCUT2D eigenvalue weighted by Gasteiger charge is -2.20. The molecule has 1 aromatic heterocycles. The van der Waals surface area contributed by atoms with Crippen LogP contribution in [0.1, 0.15) is 44.7 Å². The normalized spacial score (nSPS) is 17.1. The Morgan fingerprint density at radius 1 is 1.29 bits per heavy atom. The van der Waals surface area contributed by atoms with Gasteiger partial charge in [0.1, 0.15) is 5.03 Å². The zero-order valence-electron chi connectivity index (χ0n) is 10.7. The average molecular weight is 251 g/mol. The number of hydrogen-bond acceptors (Lipinski definition) is 4. The fourth-order valence-corrected chi connectivity index (χ4v) is 3.48.